The van der Waals surface area contributed by atoms with Crippen LogP contribution >= 0.6 is 0 Å². The zero-order valence-corrected chi connectivity index (χ0v) is 8.65. The van der Waals surface area contributed by atoms with E-state index >= 15 is 0 Å². The molecule has 1 aliphatic rings. The largest absolute Gasteiger partial charge is 0.353 e. The molecule has 1 fully saturated rings. The lowest BCUT2D eigenvalue weighted by atomic mass is 10.1. The zero-order valence-electron chi connectivity index (χ0n) is 8.65. The second-order valence-corrected chi connectivity index (χ2v) is 4.04. The third-order valence-electron chi connectivity index (χ3n) is 2.69. The van der Waals surface area contributed by atoms with E-state index < -0.39 is 0 Å². The number of rotatable bonds is 5. The molecule has 15 heavy (non-hydrogen) atoms. The topological polar surface area (TPSA) is 45.8 Å². The molecule has 1 aromatic rings. The summed E-state index contributed by atoms with van der Waals surface area (Å²) in [6.45, 7) is 0.825. The summed E-state index contributed by atoms with van der Waals surface area (Å²) in [6.07, 6.45) is 7.36. The van der Waals surface area contributed by atoms with Crippen LogP contribution in [0.15, 0.2) is 18.5 Å². The first-order chi connectivity index (χ1) is 7.31. The molecule has 2 rings (SSSR count). The predicted octanol–water partition coefficient (Wildman–Crippen LogP) is 2.38. The van der Waals surface area contributed by atoms with Crippen LogP contribution in [0.4, 0.5) is 0 Å². The van der Waals surface area contributed by atoms with Crippen LogP contribution in [0.3, 0.4) is 0 Å². The van der Waals surface area contributed by atoms with Crippen molar-refractivity contribution in [3.05, 3.63) is 24.0 Å². The molecule has 3 nitrogen and oxygen atoms in total. The van der Waals surface area contributed by atoms with Crippen molar-refractivity contribution in [2.24, 2.45) is 5.92 Å². The van der Waals surface area contributed by atoms with Crippen LogP contribution < -0.4 is 0 Å². The van der Waals surface area contributed by atoms with E-state index in [1.807, 2.05) is 23.0 Å². The Bertz CT molecular complexity index is 396. The third-order valence-corrected chi connectivity index (χ3v) is 2.69. The molecule has 0 bridgehead atoms. The number of Topliss-reactive ketones (excluding diaryl/α,β-unsaturated/α-hetero) is 1. The Labute approximate surface area is 89.3 Å². The van der Waals surface area contributed by atoms with Crippen LogP contribution in [0.5, 0.6) is 0 Å². The predicted molar refractivity (Wildman–Crippen MR) is 56.3 cm³/mol. The first-order valence-corrected chi connectivity index (χ1v) is 5.38. The number of hydrogen-bond donors (Lipinski definition) is 0. The molecule has 0 amide bonds. The minimum atomic E-state index is 0.286. The average Bonchev–Trinajstić information content (AvgIpc) is 2.98. The Morgan fingerprint density at radius 3 is 3.07 bits per heavy atom. The van der Waals surface area contributed by atoms with Crippen LogP contribution in [0, 0.1) is 17.2 Å². The van der Waals surface area contributed by atoms with E-state index in [0.717, 1.165) is 31.4 Å². The maximum absolute atomic E-state index is 11.7. The Morgan fingerprint density at radius 2 is 2.40 bits per heavy atom. The van der Waals surface area contributed by atoms with Gasteiger partial charge >= 0.3 is 0 Å². The van der Waals surface area contributed by atoms with Gasteiger partial charge < -0.3 is 4.57 Å². The lowest BCUT2D eigenvalue weighted by Crippen LogP contribution is -2.00. The fourth-order valence-corrected chi connectivity index (χ4v) is 1.65. The van der Waals surface area contributed by atoms with Crippen LogP contribution in [-0.2, 0) is 6.54 Å². The van der Waals surface area contributed by atoms with Crippen molar-refractivity contribution in [1.82, 2.24) is 4.57 Å². The van der Waals surface area contributed by atoms with Gasteiger partial charge in [0.15, 0.2) is 5.78 Å². The van der Waals surface area contributed by atoms with Crippen molar-refractivity contribution in [3.63, 3.8) is 0 Å². The van der Waals surface area contributed by atoms with Crippen LogP contribution in [-0.4, -0.2) is 10.4 Å². The number of nitriles is 1. The number of carbonyl (C=O) groups is 1. The molecule has 78 valence electrons. The molecule has 0 radical (unpaired) electrons. The molecule has 0 aliphatic heterocycles. The number of ketones is 1. The molecule has 3 heteroatoms. The van der Waals surface area contributed by atoms with E-state index in [-0.39, 0.29) is 5.78 Å². The van der Waals surface area contributed by atoms with Gasteiger partial charge in [-0.3, -0.25) is 4.79 Å². The Hall–Kier alpha value is -1.56. The quantitative estimate of drug-likeness (QED) is 0.543. The Kier molecular flexibility index (Phi) is 2.86. The Morgan fingerprint density at radius 1 is 1.60 bits per heavy atom. The van der Waals surface area contributed by atoms with Gasteiger partial charge in [0, 0.05) is 36.8 Å². The summed E-state index contributed by atoms with van der Waals surface area (Å²) in [5, 5.41) is 8.41. The zero-order chi connectivity index (χ0) is 10.7. The minimum Gasteiger partial charge on any atom is -0.353 e. The lowest BCUT2D eigenvalue weighted by molar-refractivity contribution is 0.0967. The molecule has 0 N–H and O–H groups in total. The molecular weight excluding hydrogens is 188 g/mol. The number of aromatic nitrogens is 1. The molecule has 0 spiro atoms. The number of unbranched alkanes of at least 4 members (excludes halogenated alkanes) is 1. The minimum absolute atomic E-state index is 0.286. The highest BCUT2D eigenvalue weighted by atomic mass is 16.1. The second kappa shape index (κ2) is 4.31. The average molecular weight is 202 g/mol. The summed E-state index contributed by atoms with van der Waals surface area (Å²) in [6, 6.07) is 4.00. The summed E-state index contributed by atoms with van der Waals surface area (Å²) in [5.74, 6) is 0.578. The maximum Gasteiger partial charge on any atom is 0.167 e. The van der Waals surface area contributed by atoms with Crippen LogP contribution in [0.2, 0.25) is 0 Å². The molecule has 0 aromatic carbocycles. The molecule has 0 unspecified atom stereocenters. The van der Waals surface area contributed by atoms with E-state index in [4.69, 9.17) is 5.26 Å². The lowest BCUT2D eigenvalue weighted by Gasteiger charge is -1.98. The van der Waals surface area contributed by atoms with Gasteiger partial charge in [-0.15, -0.1) is 0 Å². The number of carbonyl (C=O) groups excluding carboxylic acids is 1. The van der Waals surface area contributed by atoms with E-state index in [1.165, 1.54) is 0 Å². The summed E-state index contributed by atoms with van der Waals surface area (Å²) in [7, 11) is 0. The van der Waals surface area contributed by atoms with Crippen molar-refractivity contribution < 1.29 is 4.79 Å². The van der Waals surface area contributed by atoms with E-state index in [0.29, 0.717) is 12.3 Å². The highest BCUT2D eigenvalue weighted by Crippen LogP contribution is 2.32. The van der Waals surface area contributed by atoms with Crippen molar-refractivity contribution in [1.29, 1.82) is 5.26 Å². The molecule has 1 aromatic heterocycles. The number of hydrogen-bond acceptors (Lipinski definition) is 2. The van der Waals surface area contributed by atoms with Gasteiger partial charge in [0.2, 0.25) is 0 Å². The van der Waals surface area contributed by atoms with Crippen molar-refractivity contribution in [2.75, 3.05) is 0 Å². The number of nitrogens with zero attached hydrogens (tertiary/aromatic N) is 2. The first-order valence-electron chi connectivity index (χ1n) is 5.38. The van der Waals surface area contributed by atoms with E-state index in [9.17, 15) is 4.79 Å². The van der Waals surface area contributed by atoms with Gasteiger partial charge in [-0.25, -0.2) is 0 Å². The van der Waals surface area contributed by atoms with Crippen molar-refractivity contribution >= 4 is 5.78 Å². The van der Waals surface area contributed by atoms with Gasteiger partial charge in [-0.1, -0.05) is 0 Å². The summed E-state index contributed by atoms with van der Waals surface area (Å²) < 4.78 is 1.99. The highest BCUT2D eigenvalue weighted by Gasteiger charge is 2.30. The highest BCUT2D eigenvalue weighted by molar-refractivity contribution is 5.99. The Balaban J connectivity index is 1.92. The smallest absolute Gasteiger partial charge is 0.167 e. The summed E-state index contributed by atoms with van der Waals surface area (Å²) in [5.41, 5.74) is 0.828. The molecular formula is C12H14N2O. The van der Waals surface area contributed by atoms with E-state index in [1.54, 1.807) is 0 Å². The molecule has 1 heterocycles. The SMILES string of the molecule is N#CCCCn1ccc(C(=O)C2CC2)c1. The maximum atomic E-state index is 11.7. The monoisotopic (exact) mass is 202 g/mol. The fraction of sp³-hybridized carbons (Fsp3) is 0.500. The molecule has 0 atom stereocenters. The third kappa shape index (κ3) is 2.47. The standard InChI is InChI=1S/C12H14N2O/c13-6-1-2-7-14-8-5-11(9-14)12(15)10-3-4-10/h5,8-10H,1-4,7H2. The molecule has 1 saturated carbocycles. The molecule has 0 saturated heterocycles. The second-order valence-electron chi connectivity index (χ2n) is 4.04. The normalized spacial score (nSPS) is 14.9. The van der Waals surface area contributed by atoms with Gasteiger partial charge in [-0.05, 0) is 25.3 Å². The summed E-state index contributed by atoms with van der Waals surface area (Å²) in [4.78, 5) is 11.7. The van der Waals surface area contributed by atoms with Crippen LogP contribution in [0.25, 0.3) is 0 Å². The van der Waals surface area contributed by atoms with Crippen LogP contribution in [0.1, 0.15) is 36.0 Å². The van der Waals surface area contributed by atoms with Gasteiger partial charge in [-0.2, -0.15) is 5.26 Å². The number of aryl methyl sites for hydroxylation is 1. The van der Waals surface area contributed by atoms with Crippen molar-refractivity contribution in [3.8, 4) is 6.07 Å². The summed E-state index contributed by atoms with van der Waals surface area (Å²) >= 11 is 0. The van der Waals surface area contributed by atoms with Gasteiger partial charge in [0.05, 0.1) is 6.07 Å². The van der Waals surface area contributed by atoms with E-state index in [2.05, 4.69) is 6.07 Å². The van der Waals surface area contributed by atoms with Gasteiger partial charge in [0.1, 0.15) is 0 Å². The molecule has 1 aliphatic carbocycles. The first kappa shape index (κ1) is 9.97. The van der Waals surface area contributed by atoms with Gasteiger partial charge in [0.25, 0.3) is 0 Å². The fourth-order valence-electron chi connectivity index (χ4n) is 1.65. The van der Waals surface area contributed by atoms with Crippen molar-refractivity contribution in [2.45, 2.75) is 32.2 Å².